The van der Waals surface area contributed by atoms with Crippen LogP contribution in [0.15, 0.2) is 60.3 Å². The molecule has 180 valence electrons. The van der Waals surface area contributed by atoms with Crippen LogP contribution in [-0.2, 0) is 20.9 Å². The quantitative estimate of drug-likeness (QED) is 0.414. The van der Waals surface area contributed by atoms with E-state index in [0.29, 0.717) is 25.4 Å². The lowest BCUT2D eigenvalue weighted by Crippen LogP contribution is -2.35. The Bertz CT molecular complexity index is 1230. The van der Waals surface area contributed by atoms with Crippen molar-refractivity contribution in [3.8, 4) is 22.5 Å². The number of benzene rings is 2. The SMILES string of the molecule is CCOC(=O)/C=C1\CC2(CCCCC2)C(=O)N1Cc1ccc(-c2ccccc2-c2nn[nH]n2)cc1. The Morgan fingerprint density at radius 3 is 2.51 bits per heavy atom. The van der Waals surface area contributed by atoms with Crippen LogP contribution in [0.4, 0.5) is 0 Å². The predicted molar refractivity (Wildman–Crippen MR) is 130 cm³/mol. The maximum absolute atomic E-state index is 13.6. The van der Waals surface area contributed by atoms with Crippen molar-refractivity contribution in [3.63, 3.8) is 0 Å². The normalized spacial score (nSPS) is 18.4. The molecule has 1 saturated heterocycles. The summed E-state index contributed by atoms with van der Waals surface area (Å²) in [6.07, 6.45) is 7.17. The zero-order chi connectivity index (χ0) is 24.3. The van der Waals surface area contributed by atoms with E-state index in [0.717, 1.165) is 53.6 Å². The standard InChI is InChI=1S/C27H29N5O3/c1-2-35-24(33)16-21-17-27(14-6-3-7-15-27)26(34)32(21)18-19-10-12-20(13-11-19)22-8-4-5-9-23(22)25-28-30-31-29-25/h4-5,8-13,16H,2-3,6-7,14-15,17-18H2,1H3,(H,28,29,30,31)/b21-16+. The van der Waals surface area contributed by atoms with Gasteiger partial charge in [-0.25, -0.2) is 4.79 Å². The number of aromatic nitrogens is 4. The molecule has 2 aromatic carbocycles. The van der Waals surface area contributed by atoms with E-state index in [-0.39, 0.29) is 17.3 Å². The first kappa shape index (κ1) is 23.0. The van der Waals surface area contributed by atoms with Gasteiger partial charge in [0.15, 0.2) is 0 Å². The number of H-pyrrole nitrogens is 1. The molecule has 5 rings (SSSR count). The number of rotatable bonds is 6. The fraction of sp³-hybridized carbons (Fsp3) is 0.370. The number of hydrogen-bond acceptors (Lipinski definition) is 6. The smallest absolute Gasteiger partial charge is 0.332 e. The van der Waals surface area contributed by atoms with E-state index in [9.17, 15) is 9.59 Å². The number of ether oxygens (including phenoxy) is 1. The number of carbonyl (C=O) groups excluding carboxylic acids is 2. The van der Waals surface area contributed by atoms with Gasteiger partial charge in [-0.1, -0.05) is 67.8 Å². The first-order chi connectivity index (χ1) is 17.1. The fourth-order valence-corrected chi connectivity index (χ4v) is 5.35. The van der Waals surface area contributed by atoms with Crippen LogP contribution < -0.4 is 0 Å². The molecule has 0 atom stereocenters. The number of allylic oxidation sites excluding steroid dienone is 1. The molecule has 1 amide bonds. The first-order valence-corrected chi connectivity index (χ1v) is 12.2. The number of carbonyl (C=O) groups is 2. The molecule has 1 N–H and O–H groups in total. The van der Waals surface area contributed by atoms with Gasteiger partial charge in [0.1, 0.15) is 0 Å². The maximum atomic E-state index is 13.6. The van der Waals surface area contributed by atoms with Crippen LogP contribution in [0, 0.1) is 5.41 Å². The molecule has 35 heavy (non-hydrogen) atoms. The van der Waals surface area contributed by atoms with Crippen LogP contribution in [0.3, 0.4) is 0 Å². The van der Waals surface area contributed by atoms with E-state index < -0.39 is 0 Å². The summed E-state index contributed by atoms with van der Waals surface area (Å²) >= 11 is 0. The van der Waals surface area contributed by atoms with Gasteiger partial charge in [-0.2, -0.15) is 5.21 Å². The number of nitrogens with one attached hydrogen (secondary N) is 1. The summed E-state index contributed by atoms with van der Waals surface area (Å²) < 4.78 is 5.15. The van der Waals surface area contributed by atoms with Gasteiger partial charge in [-0.05, 0) is 41.7 Å². The van der Waals surface area contributed by atoms with E-state index in [1.54, 1.807) is 11.8 Å². The van der Waals surface area contributed by atoms with E-state index >= 15 is 0 Å². The molecule has 0 bridgehead atoms. The summed E-state index contributed by atoms with van der Waals surface area (Å²) in [6.45, 7) is 2.53. The Balaban J connectivity index is 1.41. The van der Waals surface area contributed by atoms with Gasteiger partial charge < -0.3 is 9.64 Å². The van der Waals surface area contributed by atoms with Gasteiger partial charge in [0.05, 0.1) is 18.6 Å². The minimum Gasteiger partial charge on any atom is -0.463 e. The Morgan fingerprint density at radius 2 is 1.83 bits per heavy atom. The third-order valence-corrected chi connectivity index (χ3v) is 7.07. The van der Waals surface area contributed by atoms with Crippen LogP contribution in [-0.4, -0.2) is 44.0 Å². The number of likely N-dealkylation sites (tertiary alicyclic amines) is 1. The molecule has 8 heteroatoms. The summed E-state index contributed by atoms with van der Waals surface area (Å²) in [4.78, 5) is 27.7. The summed E-state index contributed by atoms with van der Waals surface area (Å²) in [5.74, 6) is 0.291. The number of aromatic amines is 1. The molecule has 0 unspecified atom stereocenters. The van der Waals surface area contributed by atoms with Crippen LogP contribution in [0.2, 0.25) is 0 Å². The van der Waals surface area contributed by atoms with Gasteiger partial charge in [-0.3, -0.25) is 4.79 Å². The second-order valence-electron chi connectivity index (χ2n) is 9.27. The molecule has 8 nitrogen and oxygen atoms in total. The monoisotopic (exact) mass is 471 g/mol. The van der Waals surface area contributed by atoms with E-state index in [4.69, 9.17) is 4.74 Å². The highest BCUT2D eigenvalue weighted by Crippen LogP contribution is 2.49. The molecule has 1 aliphatic heterocycles. The van der Waals surface area contributed by atoms with Crippen molar-refractivity contribution in [1.82, 2.24) is 25.5 Å². The van der Waals surface area contributed by atoms with Crippen molar-refractivity contribution in [2.45, 2.75) is 52.0 Å². The molecule has 1 aromatic heterocycles. The molecule has 1 spiro atoms. The van der Waals surface area contributed by atoms with Crippen molar-refractivity contribution in [2.75, 3.05) is 6.61 Å². The third kappa shape index (κ3) is 4.60. The van der Waals surface area contributed by atoms with Crippen LogP contribution in [0.1, 0.15) is 51.0 Å². The number of amides is 1. The summed E-state index contributed by atoms with van der Waals surface area (Å²) in [6, 6.07) is 16.1. The van der Waals surface area contributed by atoms with Crippen molar-refractivity contribution < 1.29 is 14.3 Å². The third-order valence-electron chi connectivity index (χ3n) is 7.07. The summed E-state index contributed by atoms with van der Waals surface area (Å²) in [5, 5.41) is 14.4. The number of tetrazole rings is 1. The second-order valence-corrected chi connectivity index (χ2v) is 9.27. The Labute approximate surface area is 204 Å². The van der Waals surface area contributed by atoms with E-state index in [1.165, 1.54) is 12.5 Å². The topological polar surface area (TPSA) is 101 Å². The highest BCUT2D eigenvalue weighted by molar-refractivity contribution is 5.91. The summed E-state index contributed by atoms with van der Waals surface area (Å²) in [5.41, 5.74) is 4.31. The van der Waals surface area contributed by atoms with Gasteiger partial charge in [0.25, 0.3) is 0 Å². The molecule has 3 aromatic rings. The molecular weight excluding hydrogens is 442 g/mol. The van der Waals surface area contributed by atoms with Gasteiger partial charge in [0, 0.05) is 23.8 Å². The van der Waals surface area contributed by atoms with E-state index in [2.05, 4.69) is 20.6 Å². The van der Waals surface area contributed by atoms with Gasteiger partial charge in [-0.15, -0.1) is 10.2 Å². The van der Waals surface area contributed by atoms with Crippen molar-refractivity contribution in [2.24, 2.45) is 5.41 Å². The lowest BCUT2D eigenvalue weighted by molar-refractivity contribution is -0.137. The lowest BCUT2D eigenvalue weighted by atomic mass is 9.72. The Kier molecular flexibility index (Phi) is 6.44. The highest BCUT2D eigenvalue weighted by atomic mass is 16.5. The van der Waals surface area contributed by atoms with Crippen molar-refractivity contribution in [1.29, 1.82) is 0 Å². The molecule has 2 aliphatic rings. The predicted octanol–water partition coefficient (Wildman–Crippen LogP) is 4.66. The van der Waals surface area contributed by atoms with Crippen LogP contribution in [0.25, 0.3) is 22.5 Å². The minimum absolute atomic E-state index is 0.138. The minimum atomic E-state index is -0.387. The Hall–Kier alpha value is -3.81. The molecule has 2 fully saturated rings. The Morgan fingerprint density at radius 1 is 1.09 bits per heavy atom. The van der Waals surface area contributed by atoms with Gasteiger partial charge >= 0.3 is 5.97 Å². The van der Waals surface area contributed by atoms with Gasteiger partial charge in [0.2, 0.25) is 11.7 Å². The average molecular weight is 472 g/mol. The fourth-order valence-electron chi connectivity index (χ4n) is 5.35. The molecule has 1 saturated carbocycles. The maximum Gasteiger partial charge on any atom is 0.332 e. The highest BCUT2D eigenvalue weighted by Gasteiger charge is 2.49. The number of nitrogens with zero attached hydrogens (tertiary/aromatic N) is 4. The van der Waals surface area contributed by atoms with Crippen molar-refractivity contribution in [3.05, 3.63) is 65.9 Å². The van der Waals surface area contributed by atoms with Crippen LogP contribution in [0.5, 0.6) is 0 Å². The summed E-state index contributed by atoms with van der Waals surface area (Å²) in [7, 11) is 0. The second kappa shape index (κ2) is 9.82. The number of esters is 1. The molecule has 0 radical (unpaired) electrons. The lowest BCUT2D eigenvalue weighted by Gasteiger charge is -2.31. The average Bonchev–Trinajstić information content (AvgIpc) is 3.49. The van der Waals surface area contributed by atoms with Crippen LogP contribution >= 0.6 is 0 Å². The van der Waals surface area contributed by atoms with Crippen molar-refractivity contribution >= 4 is 11.9 Å². The van der Waals surface area contributed by atoms with E-state index in [1.807, 2.05) is 48.5 Å². The largest absolute Gasteiger partial charge is 0.463 e. The zero-order valence-corrected chi connectivity index (χ0v) is 19.9. The molecule has 1 aliphatic carbocycles. The zero-order valence-electron chi connectivity index (χ0n) is 19.9. The number of hydrogen-bond donors (Lipinski definition) is 1. The molecular formula is C27H29N5O3. The first-order valence-electron chi connectivity index (χ1n) is 12.2. The molecule has 2 heterocycles.